The number of halogens is 3. The molecule has 0 aliphatic carbocycles. The molecule has 0 aromatic heterocycles. The normalized spacial score (nSPS) is 14.8. The lowest BCUT2D eigenvalue weighted by molar-refractivity contribution is -0.136. The van der Waals surface area contributed by atoms with E-state index < -0.39 is 16.9 Å². The first-order valence-corrected chi connectivity index (χ1v) is 11.5. The number of methoxy groups -OCH3 is 1. The van der Waals surface area contributed by atoms with Crippen LogP contribution in [0.15, 0.2) is 36.4 Å². The third kappa shape index (κ3) is 6.23. The Morgan fingerprint density at radius 1 is 0.968 bits per heavy atom. The van der Waals surface area contributed by atoms with E-state index in [1.807, 2.05) is 6.92 Å². The topological polar surface area (TPSA) is 18.5 Å². The molecule has 0 saturated carbocycles. The number of benzene rings is 2. The summed E-state index contributed by atoms with van der Waals surface area (Å²) in [4.78, 5) is 0. The van der Waals surface area contributed by atoms with E-state index in [4.69, 9.17) is 9.47 Å². The van der Waals surface area contributed by atoms with Gasteiger partial charge in [0.1, 0.15) is 5.75 Å². The molecule has 2 nitrogen and oxygen atoms in total. The lowest BCUT2D eigenvalue weighted by Crippen LogP contribution is -2.25. The van der Waals surface area contributed by atoms with Gasteiger partial charge < -0.3 is 9.47 Å². The van der Waals surface area contributed by atoms with Gasteiger partial charge in [-0.15, -0.1) is 0 Å². The summed E-state index contributed by atoms with van der Waals surface area (Å²) in [7, 11) is 1.50. The minimum absolute atomic E-state index is 0.0580. The van der Waals surface area contributed by atoms with Crippen LogP contribution in [0.25, 0.3) is 0 Å². The largest absolute Gasteiger partial charge is 0.467 e. The zero-order valence-corrected chi connectivity index (χ0v) is 20.5. The molecule has 0 saturated heterocycles. The highest BCUT2D eigenvalue weighted by Gasteiger charge is 2.37. The highest BCUT2D eigenvalue weighted by molar-refractivity contribution is 7.48. The molecule has 0 heterocycles. The summed E-state index contributed by atoms with van der Waals surface area (Å²) >= 11 is 0. The van der Waals surface area contributed by atoms with Crippen molar-refractivity contribution in [3.05, 3.63) is 58.7 Å². The molecule has 2 aromatic rings. The van der Waals surface area contributed by atoms with E-state index in [2.05, 4.69) is 46.8 Å². The molecular formula is C25H34F3O2P. The molecule has 0 amide bonds. The number of alkyl halides is 3. The lowest BCUT2D eigenvalue weighted by atomic mass is 9.82. The van der Waals surface area contributed by atoms with E-state index in [9.17, 15) is 13.2 Å². The average Bonchev–Trinajstić information content (AvgIpc) is 2.65. The van der Waals surface area contributed by atoms with Gasteiger partial charge in [-0.05, 0) is 41.3 Å². The van der Waals surface area contributed by atoms with E-state index in [-0.39, 0.29) is 20.8 Å². The van der Waals surface area contributed by atoms with Crippen LogP contribution in [0.1, 0.15) is 69.7 Å². The maximum Gasteiger partial charge on any atom is 0.417 e. The first-order chi connectivity index (χ1) is 14.3. The summed E-state index contributed by atoms with van der Waals surface area (Å²) in [5.74, 6) is 0.711. The van der Waals surface area contributed by atoms with Crippen LogP contribution in [0.4, 0.5) is 13.2 Å². The van der Waals surface area contributed by atoms with Gasteiger partial charge in [-0.25, -0.2) is 0 Å². The minimum atomic E-state index is -4.38. The smallest absolute Gasteiger partial charge is 0.417 e. The van der Waals surface area contributed by atoms with Crippen molar-refractivity contribution in [2.24, 2.45) is 0 Å². The van der Waals surface area contributed by atoms with Crippen LogP contribution < -0.4 is 10.0 Å². The van der Waals surface area contributed by atoms with Crippen LogP contribution in [0.2, 0.25) is 0 Å². The minimum Gasteiger partial charge on any atom is -0.467 e. The lowest BCUT2D eigenvalue weighted by Gasteiger charge is -2.35. The van der Waals surface area contributed by atoms with E-state index in [0.29, 0.717) is 11.1 Å². The monoisotopic (exact) mass is 454 g/mol. The van der Waals surface area contributed by atoms with Gasteiger partial charge in [-0.1, -0.05) is 80.0 Å². The van der Waals surface area contributed by atoms with Crippen molar-refractivity contribution in [2.45, 2.75) is 71.1 Å². The molecule has 0 fully saturated rings. The molecule has 2 atom stereocenters. The fraction of sp³-hybridized carbons (Fsp3) is 0.520. The van der Waals surface area contributed by atoms with Gasteiger partial charge >= 0.3 is 6.18 Å². The van der Waals surface area contributed by atoms with Crippen molar-refractivity contribution in [1.82, 2.24) is 0 Å². The second kappa shape index (κ2) is 9.92. The summed E-state index contributed by atoms with van der Waals surface area (Å²) in [5.41, 5.74) is 2.40. The summed E-state index contributed by atoms with van der Waals surface area (Å²) in [5, 5.41) is -0.173. The Hall–Kier alpha value is -1.58. The van der Waals surface area contributed by atoms with Crippen molar-refractivity contribution < 1.29 is 22.6 Å². The molecule has 0 spiro atoms. The molecule has 0 N–H and O–H groups in total. The maximum absolute atomic E-state index is 13.7. The first kappa shape index (κ1) is 25.7. The highest BCUT2D eigenvalue weighted by Crippen LogP contribution is 2.51. The van der Waals surface area contributed by atoms with Crippen LogP contribution in [0, 0.1) is 6.92 Å². The Balaban J connectivity index is 2.71. The first-order valence-electron chi connectivity index (χ1n) is 10.5. The third-order valence-electron chi connectivity index (χ3n) is 5.45. The zero-order valence-electron chi connectivity index (χ0n) is 19.5. The molecule has 31 heavy (non-hydrogen) atoms. The molecule has 2 aromatic carbocycles. The van der Waals surface area contributed by atoms with Crippen molar-refractivity contribution in [3.63, 3.8) is 0 Å². The number of ether oxygens (including phenoxy) is 2. The van der Waals surface area contributed by atoms with Crippen molar-refractivity contribution in [2.75, 3.05) is 13.9 Å². The van der Waals surface area contributed by atoms with E-state index in [0.717, 1.165) is 29.5 Å². The van der Waals surface area contributed by atoms with Gasteiger partial charge in [0, 0.05) is 17.8 Å². The standard InChI is InChI=1S/C25H34F3O2P/c1-8-13-24(6,31-21-12-10-9-11-19(21)25(26,27)28)20-15-18(23(3,4)5)14-17(2)22(20)30-16-29-7/h9-12,14-15,31H,8,13,16H2,1-7H3. The Morgan fingerprint density at radius 2 is 1.61 bits per heavy atom. The number of hydrogen-bond acceptors (Lipinski definition) is 2. The summed E-state index contributed by atoms with van der Waals surface area (Å²) in [6.45, 7) is 12.6. The SMILES string of the molecule is CCCC(C)(Pc1ccccc1C(F)(F)F)c1cc(C(C)(C)C)cc(C)c1OCOC. The second-order valence-electron chi connectivity index (χ2n) is 9.22. The molecule has 0 bridgehead atoms. The van der Waals surface area contributed by atoms with Gasteiger partial charge in [-0.3, -0.25) is 0 Å². The van der Waals surface area contributed by atoms with Crippen LogP contribution in [0.5, 0.6) is 5.75 Å². The van der Waals surface area contributed by atoms with Crippen LogP contribution >= 0.6 is 8.58 Å². The predicted molar refractivity (Wildman–Crippen MR) is 124 cm³/mol. The molecular weight excluding hydrogens is 420 g/mol. The van der Waals surface area contributed by atoms with Crippen LogP contribution in [0.3, 0.4) is 0 Å². The van der Waals surface area contributed by atoms with Crippen LogP contribution in [-0.4, -0.2) is 13.9 Å². The molecule has 6 heteroatoms. The number of rotatable bonds is 8. The summed E-state index contributed by atoms with van der Waals surface area (Å²) in [6.07, 6.45) is -2.79. The van der Waals surface area contributed by atoms with Crippen molar-refractivity contribution in [1.29, 1.82) is 0 Å². The second-order valence-corrected chi connectivity index (χ2v) is 11.1. The third-order valence-corrected chi connectivity index (χ3v) is 7.23. The Labute approximate surface area is 186 Å². The fourth-order valence-electron chi connectivity index (χ4n) is 3.83. The van der Waals surface area contributed by atoms with Gasteiger partial charge in [0.15, 0.2) is 6.79 Å². The molecule has 2 unspecified atom stereocenters. The zero-order chi connectivity index (χ0) is 23.4. The van der Waals surface area contributed by atoms with Gasteiger partial charge in [0.05, 0.1) is 5.56 Å². The van der Waals surface area contributed by atoms with Gasteiger partial charge in [-0.2, -0.15) is 13.2 Å². The summed E-state index contributed by atoms with van der Waals surface area (Å²) in [6, 6.07) is 10.1. The number of hydrogen-bond donors (Lipinski definition) is 0. The number of aryl methyl sites for hydroxylation is 1. The van der Waals surface area contributed by atoms with E-state index >= 15 is 0 Å². The van der Waals surface area contributed by atoms with Gasteiger partial charge in [0.2, 0.25) is 0 Å². The van der Waals surface area contributed by atoms with E-state index in [1.54, 1.807) is 19.2 Å². The maximum atomic E-state index is 13.7. The summed E-state index contributed by atoms with van der Waals surface area (Å²) < 4.78 is 52.2. The van der Waals surface area contributed by atoms with Crippen LogP contribution in [-0.2, 0) is 21.5 Å². The van der Waals surface area contributed by atoms with Crippen molar-refractivity contribution in [3.8, 4) is 5.75 Å². The van der Waals surface area contributed by atoms with E-state index in [1.165, 1.54) is 12.1 Å². The Morgan fingerprint density at radius 3 is 2.16 bits per heavy atom. The van der Waals surface area contributed by atoms with Gasteiger partial charge in [0.25, 0.3) is 0 Å². The van der Waals surface area contributed by atoms with Crippen molar-refractivity contribution >= 4 is 13.9 Å². The molecule has 2 rings (SSSR count). The highest BCUT2D eigenvalue weighted by atomic mass is 31.1. The molecule has 0 radical (unpaired) electrons. The molecule has 0 aliphatic rings. The predicted octanol–water partition coefficient (Wildman–Crippen LogP) is 7.31. The average molecular weight is 455 g/mol. The molecule has 172 valence electrons. The fourth-order valence-corrected chi connectivity index (χ4v) is 5.66. The quantitative estimate of drug-likeness (QED) is 0.307. The Kier molecular flexibility index (Phi) is 8.21. The Bertz CT molecular complexity index is 887. The molecule has 0 aliphatic heterocycles.